The van der Waals surface area contributed by atoms with Crippen LogP contribution in [0, 0.1) is 0 Å². The van der Waals surface area contributed by atoms with Gasteiger partial charge in [-0.1, -0.05) is 42.5 Å². The van der Waals surface area contributed by atoms with Crippen LogP contribution in [0.15, 0.2) is 59.6 Å². The first kappa shape index (κ1) is 24.8. The molecule has 2 fully saturated rings. The van der Waals surface area contributed by atoms with Gasteiger partial charge in [-0.15, -0.1) is 24.0 Å². The first-order valence-electron chi connectivity index (χ1n) is 11.5. The Morgan fingerprint density at radius 2 is 1.69 bits per heavy atom. The summed E-state index contributed by atoms with van der Waals surface area (Å²) in [4.78, 5) is 9.41. The van der Waals surface area contributed by atoms with Crippen molar-refractivity contribution < 1.29 is 4.74 Å². The Bertz CT molecular complexity index is 833. The molecule has 2 aromatic rings. The normalized spacial score (nSPS) is 19.5. The maximum Gasteiger partial charge on any atom is 0.191 e. The van der Waals surface area contributed by atoms with Crippen LogP contribution in [0.4, 0.5) is 5.69 Å². The van der Waals surface area contributed by atoms with Crippen molar-refractivity contribution in [3.63, 3.8) is 0 Å². The van der Waals surface area contributed by atoms with Gasteiger partial charge in [0, 0.05) is 65.2 Å². The third-order valence-corrected chi connectivity index (χ3v) is 6.20. The van der Waals surface area contributed by atoms with E-state index in [4.69, 9.17) is 4.74 Å². The third kappa shape index (κ3) is 7.08. The highest BCUT2D eigenvalue weighted by atomic mass is 127. The Hall–Kier alpha value is -1.84. The fraction of sp³-hybridized carbons (Fsp3) is 0.480. The quantitative estimate of drug-likeness (QED) is 0.315. The number of hydrogen-bond acceptors (Lipinski definition) is 4. The lowest BCUT2D eigenvalue weighted by Gasteiger charge is -2.36. The Labute approximate surface area is 209 Å². The first-order valence-corrected chi connectivity index (χ1v) is 11.5. The number of hydrogen-bond donors (Lipinski definition) is 2. The number of nitrogens with one attached hydrogen (secondary N) is 2. The lowest BCUT2D eigenvalue weighted by molar-refractivity contribution is 0.114. The number of guanidine groups is 1. The van der Waals surface area contributed by atoms with Crippen LogP contribution >= 0.6 is 24.0 Å². The van der Waals surface area contributed by atoms with Gasteiger partial charge < -0.3 is 20.3 Å². The summed E-state index contributed by atoms with van der Waals surface area (Å²) in [5.41, 5.74) is 4.04. The molecule has 0 bridgehead atoms. The second kappa shape index (κ2) is 13.0. The number of para-hydroxylation sites is 1. The highest BCUT2D eigenvalue weighted by Crippen LogP contribution is 2.18. The summed E-state index contributed by atoms with van der Waals surface area (Å²) in [6.45, 7) is 7.77. The molecule has 0 spiro atoms. The Kier molecular flexibility index (Phi) is 10.1. The van der Waals surface area contributed by atoms with E-state index in [9.17, 15) is 0 Å². The van der Waals surface area contributed by atoms with Crippen LogP contribution in [-0.2, 0) is 17.8 Å². The zero-order valence-corrected chi connectivity index (χ0v) is 21.3. The van der Waals surface area contributed by atoms with Gasteiger partial charge in [-0.3, -0.25) is 9.89 Å². The molecule has 32 heavy (non-hydrogen) atoms. The number of nitrogens with zero attached hydrogens (tertiary/aromatic N) is 3. The SMILES string of the molecule is CN=C(NCc1ccccc1CN1CCN(c2ccccc2)CC1)NCC1CCCO1.I. The van der Waals surface area contributed by atoms with Crippen molar-refractivity contribution in [2.24, 2.45) is 4.99 Å². The first-order chi connectivity index (χ1) is 15.3. The van der Waals surface area contributed by atoms with E-state index in [-0.39, 0.29) is 24.0 Å². The van der Waals surface area contributed by atoms with Gasteiger partial charge in [-0.05, 0) is 36.1 Å². The lowest BCUT2D eigenvalue weighted by atomic mass is 10.1. The molecule has 174 valence electrons. The van der Waals surface area contributed by atoms with Crippen LogP contribution in [0.1, 0.15) is 24.0 Å². The van der Waals surface area contributed by atoms with E-state index >= 15 is 0 Å². The van der Waals surface area contributed by atoms with Gasteiger partial charge in [-0.2, -0.15) is 0 Å². The number of benzene rings is 2. The van der Waals surface area contributed by atoms with Crippen LogP contribution in [0.25, 0.3) is 0 Å². The summed E-state index contributed by atoms with van der Waals surface area (Å²) in [6, 6.07) is 19.5. The minimum Gasteiger partial charge on any atom is -0.376 e. The summed E-state index contributed by atoms with van der Waals surface area (Å²) in [5.74, 6) is 0.835. The van der Waals surface area contributed by atoms with Crippen molar-refractivity contribution in [3.05, 3.63) is 65.7 Å². The highest BCUT2D eigenvalue weighted by molar-refractivity contribution is 14.0. The van der Waals surface area contributed by atoms with Crippen molar-refractivity contribution in [2.45, 2.75) is 32.0 Å². The maximum absolute atomic E-state index is 5.70. The number of ether oxygens (including phenoxy) is 1. The summed E-state index contributed by atoms with van der Waals surface area (Å²) in [5, 5.41) is 6.87. The molecule has 2 aromatic carbocycles. The molecule has 2 saturated heterocycles. The van der Waals surface area contributed by atoms with Gasteiger partial charge in [-0.25, -0.2) is 0 Å². The van der Waals surface area contributed by atoms with E-state index < -0.39 is 0 Å². The van der Waals surface area contributed by atoms with Crippen LogP contribution in [0.3, 0.4) is 0 Å². The molecule has 2 N–H and O–H groups in total. The van der Waals surface area contributed by atoms with E-state index in [1.807, 2.05) is 7.05 Å². The van der Waals surface area contributed by atoms with Gasteiger partial charge in [0.25, 0.3) is 0 Å². The van der Waals surface area contributed by atoms with Gasteiger partial charge >= 0.3 is 0 Å². The minimum absolute atomic E-state index is 0. The summed E-state index contributed by atoms with van der Waals surface area (Å²) < 4.78 is 5.70. The molecule has 4 rings (SSSR count). The van der Waals surface area contributed by atoms with E-state index in [0.29, 0.717) is 6.10 Å². The minimum atomic E-state index is 0. The number of piperazine rings is 1. The van der Waals surface area contributed by atoms with E-state index in [2.05, 4.69) is 80.0 Å². The molecule has 2 heterocycles. The molecule has 1 unspecified atom stereocenters. The van der Waals surface area contributed by atoms with Crippen molar-refractivity contribution in [3.8, 4) is 0 Å². The molecule has 0 aromatic heterocycles. The van der Waals surface area contributed by atoms with E-state index in [0.717, 1.165) is 71.2 Å². The molecular formula is C25H36IN5O. The van der Waals surface area contributed by atoms with Gasteiger partial charge in [0.15, 0.2) is 5.96 Å². The molecule has 6 nitrogen and oxygen atoms in total. The van der Waals surface area contributed by atoms with Crippen LogP contribution < -0.4 is 15.5 Å². The lowest BCUT2D eigenvalue weighted by Crippen LogP contribution is -2.46. The monoisotopic (exact) mass is 549 g/mol. The molecule has 0 amide bonds. The zero-order chi connectivity index (χ0) is 21.3. The van der Waals surface area contributed by atoms with Crippen molar-refractivity contribution in [1.29, 1.82) is 0 Å². The second-order valence-electron chi connectivity index (χ2n) is 8.31. The maximum atomic E-state index is 5.70. The Morgan fingerprint density at radius 3 is 2.38 bits per heavy atom. The second-order valence-corrected chi connectivity index (χ2v) is 8.31. The van der Waals surface area contributed by atoms with Crippen LogP contribution in [0.2, 0.25) is 0 Å². The summed E-state index contributed by atoms with van der Waals surface area (Å²) >= 11 is 0. The number of anilines is 1. The fourth-order valence-corrected chi connectivity index (χ4v) is 4.34. The average Bonchev–Trinajstić information content (AvgIpc) is 3.35. The van der Waals surface area contributed by atoms with Gasteiger partial charge in [0.1, 0.15) is 0 Å². The number of rotatable bonds is 7. The smallest absolute Gasteiger partial charge is 0.191 e. The standard InChI is InChI=1S/C25H35N5O.HI/c1-26-25(28-19-24-12-7-17-31-24)27-18-21-8-5-6-9-22(21)20-29-13-15-30(16-14-29)23-10-3-2-4-11-23;/h2-6,8-11,24H,7,12-20H2,1H3,(H2,26,27,28);1H. The van der Waals surface area contributed by atoms with Crippen molar-refractivity contribution in [2.75, 3.05) is 51.3 Å². The zero-order valence-electron chi connectivity index (χ0n) is 19.0. The molecule has 0 aliphatic carbocycles. The van der Waals surface area contributed by atoms with E-state index in [1.54, 1.807) is 0 Å². The molecule has 2 aliphatic heterocycles. The van der Waals surface area contributed by atoms with Gasteiger partial charge in [0.05, 0.1) is 6.10 Å². The largest absolute Gasteiger partial charge is 0.376 e. The third-order valence-electron chi connectivity index (χ3n) is 6.20. The number of halogens is 1. The molecule has 7 heteroatoms. The molecular weight excluding hydrogens is 513 g/mol. The van der Waals surface area contributed by atoms with Crippen LogP contribution in [0.5, 0.6) is 0 Å². The predicted molar refractivity (Wildman–Crippen MR) is 143 cm³/mol. The van der Waals surface area contributed by atoms with Crippen LogP contribution in [-0.4, -0.2) is 63.3 Å². The topological polar surface area (TPSA) is 52.1 Å². The average molecular weight is 550 g/mol. The molecule has 0 saturated carbocycles. The fourth-order valence-electron chi connectivity index (χ4n) is 4.34. The summed E-state index contributed by atoms with van der Waals surface area (Å²) in [7, 11) is 1.82. The molecule has 1 atom stereocenters. The summed E-state index contributed by atoms with van der Waals surface area (Å²) in [6.07, 6.45) is 2.59. The Balaban J connectivity index is 0.00000289. The molecule has 2 aliphatic rings. The van der Waals surface area contributed by atoms with Crippen molar-refractivity contribution in [1.82, 2.24) is 15.5 Å². The van der Waals surface area contributed by atoms with Gasteiger partial charge in [0.2, 0.25) is 0 Å². The highest BCUT2D eigenvalue weighted by Gasteiger charge is 2.18. The predicted octanol–water partition coefficient (Wildman–Crippen LogP) is 3.47. The molecule has 0 radical (unpaired) electrons. The van der Waals surface area contributed by atoms with Crippen molar-refractivity contribution >= 4 is 35.6 Å². The van der Waals surface area contributed by atoms with E-state index in [1.165, 1.54) is 16.8 Å². The number of aliphatic imine (C=N–C) groups is 1. The Morgan fingerprint density at radius 1 is 0.969 bits per heavy atom.